The summed E-state index contributed by atoms with van der Waals surface area (Å²) in [5.74, 6) is -0.782. The SMILES string of the molecule is COc1cc(/C=C2\SC(=O)N(CC(N)=O)C2=O)ccc1OCC(=O)NC1CC1. The van der Waals surface area contributed by atoms with Crippen LogP contribution in [0, 0.1) is 0 Å². The standard InChI is InChI=1S/C18H19N3O6S/c1-26-13-6-10(2-5-12(13)27-9-16(23)20-11-3-4-11)7-14-17(24)21(8-15(19)22)18(25)28-14/h2,5-7,11H,3-4,8-9H2,1H3,(H2,19,22)(H,20,23)/b14-7-. The second kappa shape index (κ2) is 8.34. The highest BCUT2D eigenvalue weighted by molar-refractivity contribution is 8.18. The predicted octanol–water partition coefficient (Wildman–Crippen LogP) is 0.874. The van der Waals surface area contributed by atoms with Gasteiger partial charge < -0.3 is 20.5 Å². The summed E-state index contributed by atoms with van der Waals surface area (Å²) < 4.78 is 10.8. The molecule has 0 aromatic heterocycles. The zero-order valence-electron chi connectivity index (χ0n) is 15.1. The number of carbonyl (C=O) groups excluding carboxylic acids is 4. The third-order valence-electron chi connectivity index (χ3n) is 3.97. The number of ether oxygens (including phenoxy) is 2. The number of rotatable bonds is 8. The van der Waals surface area contributed by atoms with Crippen LogP contribution in [0.25, 0.3) is 6.08 Å². The molecule has 0 unspecified atom stereocenters. The van der Waals surface area contributed by atoms with Crippen molar-refractivity contribution in [3.8, 4) is 11.5 Å². The van der Waals surface area contributed by atoms with Gasteiger partial charge in [0.2, 0.25) is 5.91 Å². The van der Waals surface area contributed by atoms with E-state index in [1.54, 1.807) is 18.2 Å². The van der Waals surface area contributed by atoms with Gasteiger partial charge in [-0.1, -0.05) is 6.07 Å². The molecule has 3 N–H and O–H groups in total. The minimum absolute atomic E-state index is 0.127. The second-order valence-corrected chi connectivity index (χ2v) is 7.27. The van der Waals surface area contributed by atoms with Gasteiger partial charge in [0.05, 0.1) is 12.0 Å². The minimum atomic E-state index is -0.766. The zero-order chi connectivity index (χ0) is 20.3. The molecular weight excluding hydrogens is 386 g/mol. The summed E-state index contributed by atoms with van der Waals surface area (Å²) in [5.41, 5.74) is 5.65. The molecule has 3 rings (SSSR count). The number of primary amides is 1. The highest BCUT2D eigenvalue weighted by Gasteiger charge is 2.35. The number of benzene rings is 1. The average Bonchev–Trinajstić information content (AvgIpc) is 3.43. The van der Waals surface area contributed by atoms with Gasteiger partial charge in [0.15, 0.2) is 18.1 Å². The van der Waals surface area contributed by atoms with E-state index >= 15 is 0 Å². The van der Waals surface area contributed by atoms with Crippen LogP contribution in [0.2, 0.25) is 0 Å². The van der Waals surface area contributed by atoms with E-state index in [0.717, 1.165) is 29.5 Å². The summed E-state index contributed by atoms with van der Waals surface area (Å²) in [6.45, 7) is -0.584. The fourth-order valence-corrected chi connectivity index (χ4v) is 3.32. The number of nitrogens with two attached hydrogens (primary N) is 1. The van der Waals surface area contributed by atoms with E-state index in [1.807, 2.05) is 0 Å². The predicted molar refractivity (Wildman–Crippen MR) is 102 cm³/mol. The van der Waals surface area contributed by atoms with Crippen LogP contribution in [0.3, 0.4) is 0 Å². The normalized spacial score (nSPS) is 17.8. The first-order chi connectivity index (χ1) is 13.4. The number of thioether (sulfide) groups is 1. The van der Waals surface area contributed by atoms with Gasteiger partial charge in [-0.3, -0.25) is 24.1 Å². The fourth-order valence-electron chi connectivity index (χ4n) is 2.48. The topological polar surface area (TPSA) is 128 Å². The quantitative estimate of drug-likeness (QED) is 0.614. The number of carbonyl (C=O) groups is 4. The van der Waals surface area contributed by atoms with E-state index in [1.165, 1.54) is 13.2 Å². The molecule has 1 aliphatic heterocycles. The minimum Gasteiger partial charge on any atom is -0.493 e. The summed E-state index contributed by atoms with van der Waals surface area (Å²) in [6, 6.07) is 5.16. The molecule has 0 bridgehead atoms. The van der Waals surface area contributed by atoms with Crippen LogP contribution in [0.1, 0.15) is 18.4 Å². The molecule has 148 valence electrons. The van der Waals surface area contributed by atoms with Crippen molar-refractivity contribution >= 4 is 40.8 Å². The van der Waals surface area contributed by atoms with E-state index in [0.29, 0.717) is 17.1 Å². The van der Waals surface area contributed by atoms with Crippen LogP contribution in [-0.2, 0) is 14.4 Å². The van der Waals surface area contributed by atoms with Gasteiger partial charge in [-0.2, -0.15) is 0 Å². The van der Waals surface area contributed by atoms with Gasteiger partial charge in [0.25, 0.3) is 17.1 Å². The number of amides is 4. The summed E-state index contributed by atoms with van der Waals surface area (Å²) in [4.78, 5) is 47.8. The Hall–Kier alpha value is -3.01. The molecule has 2 fully saturated rings. The van der Waals surface area contributed by atoms with Crippen LogP contribution >= 0.6 is 11.8 Å². The van der Waals surface area contributed by atoms with Crippen molar-refractivity contribution < 1.29 is 28.7 Å². The third kappa shape index (κ3) is 4.83. The number of hydrogen-bond donors (Lipinski definition) is 2. The van der Waals surface area contributed by atoms with Gasteiger partial charge in [0, 0.05) is 6.04 Å². The number of hydrogen-bond acceptors (Lipinski definition) is 7. The largest absolute Gasteiger partial charge is 0.493 e. The molecule has 10 heteroatoms. The Morgan fingerprint density at radius 2 is 2.07 bits per heavy atom. The Morgan fingerprint density at radius 1 is 1.32 bits per heavy atom. The van der Waals surface area contributed by atoms with Crippen LogP contribution in [-0.4, -0.2) is 54.2 Å². The molecule has 1 saturated heterocycles. The maximum absolute atomic E-state index is 12.3. The van der Waals surface area contributed by atoms with Crippen LogP contribution in [0.5, 0.6) is 11.5 Å². The Bertz CT molecular complexity index is 865. The summed E-state index contributed by atoms with van der Waals surface area (Å²) in [7, 11) is 1.46. The molecule has 1 aromatic carbocycles. The Labute approximate surface area is 165 Å². The molecule has 0 radical (unpaired) electrons. The summed E-state index contributed by atoms with van der Waals surface area (Å²) in [5, 5.41) is 2.27. The monoisotopic (exact) mass is 405 g/mol. The lowest BCUT2D eigenvalue weighted by Crippen LogP contribution is -2.36. The first-order valence-electron chi connectivity index (χ1n) is 8.51. The average molecular weight is 405 g/mol. The Kier molecular flexibility index (Phi) is 5.88. The lowest BCUT2D eigenvalue weighted by atomic mass is 10.2. The third-order valence-corrected chi connectivity index (χ3v) is 4.88. The van der Waals surface area contributed by atoms with Crippen molar-refractivity contribution in [2.24, 2.45) is 5.73 Å². The number of nitrogens with one attached hydrogen (secondary N) is 1. The van der Waals surface area contributed by atoms with Gasteiger partial charge in [0.1, 0.15) is 6.54 Å². The van der Waals surface area contributed by atoms with Crippen LogP contribution in [0.15, 0.2) is 23.1 Å². The lowest BCUT2D eigenvalue weighted by molar-refractivity contribution is -0.127. The van der Waals surface area contributed by atoms with Gasteiger partial charge in [-0.05, 0) is 48.4 Å². The zero-order valence-corrected chi connectivity index (χ0v) is 15.9. The lowest BCUT2D eigenvalue weighted by Gasteiger charge is -2.11. The number of nitrogens with zero attached hydrogens (tertiary/aromatic N) is 1. The van der Waals surface area contributed by atoms with Gasteiger partial charge in [-0.25, -0.2) is 0 Å². The Morgan fingerprint density at radius 3 is 2.71 bits per heavy atom. The molecule has 1 aromatic rings. The summed E-state index contributed by atoms with van der Waals surface area (Å²) >= 11 is 0.728. The summed E-state index contributed by atoms with van der Waals surface area (Å²) in [6.07, 6.45) is 3.50. The van der Waals surface area contributed by atoms with Crippen molar-refractivity contribution in [2.45, 2.75) is 18.9 Å². The highest BCUT2D eigenvalue weighted by Crippen LogP contribution is 2.34. The molecule has 9 nitrogen and oxygen atoms in total. The number of methoxy groups -OCH3 is 1. The van der Waals surface area contributed by atoms with Crippen LogP contribution in [0.4, 0.5) is 4.79 Å². The Balaban J connectivity index is 1.70. The van der Waals surface area contributed by atoms with E-state index in [4.69, 9.17) is 15.2 Å². The molecule has 0 atom stereocenters. The maximum atomic E-state index is 12.3. The molecule has 1 aliphatic carbocycles. The van der Waals surface area contributed by atoms with Crippen molar-refractivity contribution in [3.63, 3.8) is 0 Å². The second-order valence-electron chi connectivity index (χ2n) is 6.27. The molecule has 2 aliphatic rings. The molecule has 4 amide bonds. The molecular formula is C18H19N3O6S. The van der Waals surface area contributed by atoms with Crippen molar-refractivity contribution in [2.75, 3.05) is 20.3 Å². The van der Waals surface area contributed by atoms with E-state index in [-0.39, 0.29) is 23.5 Å². The fraction of sp³-hybridized carbons (Fsp3) is 0.333. The van der Waals surface area contributed by atoms with Gasteiger partial charge >= 0.3 is 0 Å². The van der Waals surface area contributed by atoms with Crippen molar-refractivity contribution in [1.29, 1.82) is 0 Å². The van der Waals surface area contributed by atoms with E-state index in [9.17, 15) is 19.2 Å². The van der Waals surface area contributed by atoms with E-state index in [2.05, 4.69) is 5.32 Å². The van der Waals surface area contributed by atoms with Crippen molar-refractivity contribution in [3.05, 3.63) is 28.7 Å². The van der Waals surface area contributed by atoms with Crippen molar-refractivity contribution in [1.82, 2.24) is 10.2 Å². The highest BCUT2D eigenvalue weighted by atomic mass is 32.2. The number of imide groups is 1. The first kappa shape index (κ1) is 19.7. The van der Waals surface area contributed by atoms with Crippen LogP contribution < -0.4 is 20.5 Å². The molecule has 1 heterocycles. The molecule has 0 spiro atoms. The smallest absolute Gasteiger partial charge is 0.294 e. The first-order valence-corrected chi connectivity index (χ1v) is 9.33. The van der Waals surface area contributed by atoms with E-state index < -0.39 is 23.6 Å². The molecule has 28 heavy (non-hydrogen) atoms. The maximum Gasteiger partial charge on any atom is 0.294 e. The molecule has 1 saturated carbocycles. The van der Waals surface area contributed by atoms with Gasteiger partial charge in [-0.15, -0.1) is 0 Å².